The first-order valence-corrected chi connectivity index (χ1v) is 10.0. The van der Waals surface area contributed by atoms with Gasteiger partial charge in [0.15, 0.2) is 12.9 Å². The van der Waals surface area contributed by atoms with Crippen molar-refractivity contribution < 1.29 is 23.7 Å². The lowest BCUT2D eigenvalue weighted by Crippen LogP contribution is -2.42. The Bertz CT molecular complexity index is 631. The molecule has 2 heterocycles. The third kappa shape index (κ3) is 5.72. The van der Waals surface area contributed by atoms with E-state index in [-0.39, 0.29) is 24.2 Å². The first-order valence-electron chi connectivity index (χ1n) is 9.25. The molecule has 6 nitrogen and oxygen atoms in total. The molecule has 8 heteroatoms. The topological polar surface area (TPSA) is 66.0 Å². The molecule has 0 aliphatic carbocycles. The fourth-order valence-electron chi connectivity index (χ4n) is 3.53. The molecular weight excluding hydrogens is 393 g/mol. The van der Waals surface area contributed by atoms with Crippen molar-refractivity contribution in [2.45, 2.75) is 32.0 Å². The van der Waals surface area contributed by atoms with Crippen LogP contribution >= 0.6 is 23.2 Å². The van der Waals surface area contributed by atoms with Crippen molar-refractivity contribution in [3.05, 3.63) is 28.2 Å². The summed E-state index contributed by atoms with van der Waals surface area (Å²) in [6.45, 7) is 3.27. The second-order valence-electron chi connectivity index (χ2n) is 6.87. The van der Waals surface area contributed by atoms with Crippen molar-refractivity contribution in [3.63, 3.8) is 0 Å². The lowest BCUT2D eigenvalue weighted by molar-refractivity contribution is -0.168. The SMILES string of the molecule is O=C(COc1ccc(Cl)c(Cl)c1)NCCCC1(C2OCCO2)CCOCC1. The van der Waals surface area contributed by atoms with Gasteiger partial charge in [-0.3, -0.25) is 4.79 Å². The molecule has 0 saturated carbocycles. The minimum atomic E-state index is -0.171. The van der Waals surface area contributed by atoms with Crippen molar-refractivity contribution in [3.8, 4) is 5.75 Å². The second kappa shape index (κ2) is 9.94. The Balaban J connectivity index is 1.39. The number of hydrogen-bond donors (Lipinski definition) is 1. The van der Waals surface area contributed by atoms with Crippen LogP contribution in [0.25, 0.3) is 0 Å². The van der Waals surface area contributed by atoms with Gasteiger partial charge in [-0.25, -0.2) is 0 Å². The van der Waals surface area contributed by atoms with Crippen LogP contribution in [0.3, 0.4) is 0 Å². The van der Waals surface area contributed by atoms with Crippen molar-refractivity contribution >= 4 is 29.1 Å². The average Bonchev–Trinajstić information content (AvgIpc) is 3.22. The van der Waals surface area contributed by atoms with Crippen molar-refractivity contribution in [1.82, 2.24) is 5.32 Å². The number of hydrogen-bond acceptors (Lipinski definition) is 5. The van der Waals surface area contributed by atoms with Crippen LogP contribution in [0.1, 0.15) is 25.7 Å². The number of ether oxygens (including phenoxy) is 4. The van der Waals surface area contributed by atoms with Gasteiger partial charge >= 0.3 is 0 Å². The van der Waals surface area contributed by atoms with Crippen LogP contribution < -0.4 is 10.1 Å². The maximum absolute atomic E-state index is 12.0. The van der Waals surface area contributed by atoms with Crippen LogP contribution in [0.2, 0.25) is 10.0 Å². The zero-order chi connectivity index (χ0) is 19.1. The molecular formula is C19H25Cl2NO5. The van der Waals surface area contributed by atoms with Crippen LogP contribution in [-0.2, 0) is 19.0 Å². The molecule has 0 atom stereocenters. The first-order chi connectivity index (χ1) is 13.1. The predicted molar refractivity (Wildman–Crippen MR) is 102 cm³/mol. The second-order valence-corrected chi connectivity index (χ2v) is 7.68. The van der Waals surface area contributed by atoms with Gasteiger partial charge in [-0.1, -0.05) is 23.2 Å². The number of amides is 1. The van der Waals surface area contributed by atoms with Gasteiger partial charge in [0, 0.05) is 31.2 Å². The molecule has 3 rings (SSSR count). The molecule has 0 unspecified atom stereocenters. The minimum absolute atomic E-state index is 0.0178. The van der Waals surface area contributed by atoms with Crippen LogP contribution in [0.15, 0.2) is 18.2 Å². The molecule has 0 radical (unpaired) electrons. The summed E-state index contributed by atoms with van der Waals surface area (Å²) in [5.74, 6) is 0.340. The van der Waals surface area contributed by atoms with E-state index in [0.717, 1.165) is 38.9 Å². The Kier molecular flexibility index (Phi) is 7.61. The highest BCUT2D eigenvalue weighted by molar-refractivity contribution is 6.42. The van der Waals surface area contributed by atoms with Gasteiger partial charge in [0.25, 0.3) is 5.91 Å². The third-order valence-corrected chi connectivity index (χ3v) is 5.78. The van der Waals surface area contributed by atoms with E-state index in [1.807, 2.05) is 0 Å². The molecule has 1 amide bonds. The van der Waals surface area contributed by atoms with E-state index in [2.05, 4.69) is 5.32 Å². The van der Waals surface area contributed by atoms with Gasteiger partial charge in [0.1, 0.15) is 5.75 Å². The number of rotatable bonds is 8. The Morgan fingerprint density at radius 2 is 1.89 bits per heavy atom. The molecule has 2 saturated heterocycles. The van der Waals surface area contributed by atoms with Gasteiger partial charge in [-0.05, 0) is 37.8 Å². The molecule has 0 spiro atoms. The van der Waals surface area contributed by atoms with E-state index in [1.165, 1.54) is 0 Å². The van der Waals surface area contributed by atoms with Crippen LogP contribution in [-0.4, -0.2) is 51.8 Å². The fraction of sp³-hybridized carbons (Fsp3) is 0.632. The molecule has 150 valence electrons. The van der Waals surface area contributed by atoms with Gasteiger partial charge in [0.05, 0.1) is 23.3 Å². The van der Waals surface area contributed by atoms with E-state index in [4.69, 9.17) is 42.1 Å². The monoisotopic (exact) mass is 417 g/mol. The van der Waals surface area contributed by atoms with E-state index >= 15 is 0 Å². The summed E-state index contributed by atoms with van der Waals surface area (Å²) in [6, 6.07) is 4.91. The quantitative estimate of drug-likeness (QED) is 0.656. The van der Waals surface area contributed by atoms with Crippen molar-refractivity contribution in [2.75, 3.05) is 39.6 Å². The summed E-state index contributed by atoms with van der Waals surface area (Å²) in [5.41, 5.74) is -0.0178. The van der Waals surface area contributed by atoms with E-state index in [9.17, 15) is 4.79 Å². The summed E-state index contributed by atoms with van der Waals surface area (Å²) >= 11 is 11.8. The Morgan fingerprint density at radius 1 is 1.15 bits per heavy atom. The van der Waals surface area contributed by atoms with E-state index < -0.39 is 0 Å². The Hall–Kier alpha value is -1.05. The maximum Gasteiger partial charge on any atom is 0.257 e. The highest BCUT2D eigenvalue weighted by Crippen LogP contribution is 2.42. The van der Waals surface area contributed by atoms with Gasteiger partial charge in [0.2, 0.25) is 0 Å². The molecule has 2 fully saturated rings. The third-order valence-electron chi connectivity index (χ3n) is 5.04. The largest absolute Gasteiger partial charge is 0.484 e. The summed E-state index contributed by atoms with van der Waals surface area (Å²) in [5, 5.41) is 3.74. The predicted octanol–water partition coefficient (Wildman–Crippen LogP) is 3.44. The van der Waals surface area contributed by atoms with Gasteiger partial charge in [-0.15, -0.1) is 0 Å². The van der Waals surface area contributed by atoms with Crippen molar-refractivity contribution in [1.29, 1.82) is 0 Å². The molecule has 1 aromatic carbocycles. The Labute approximate surface area is 169 Å². The van der Waals surface area contributed by atoms with Crippen LogP contribution in [0.5, 0.6) is 5.75 Å². The first kappa shape index (κ1) is 20.7. The molecule has 27 heavy (non-hydrogen) atoms. The van der Waals surface area contributed by atoms with Gasteiger partial charge < -0.3 is 24.3 Å². The van der Waals surface area contributed by atoms with E-state index in [0.29, 0.717) is 35.6 Å². The van der Waals surface area contributed by atoms with Crippen molar-refractivity contribution in [2.24, 2.45) is 5.41 Å². The standard InChI is InChI=1S/C19H25Cl2NO5/c20-15-3-2-14(12-16(15)21)27-13-17(23)22-7-1-4-19(5-8-24-9-6-19)18-25-10-11-26-18/h2-3,12,18H,1,4-11,13H2,(H,22,23). The summed E-state index contributed by atoms with van der Waals surface area (Å²) in [6.07, 6.45) is 3.46. The molecule has 0 aromatic heterocycles. The zero-order valence-electron chi connectivity index (χ0n) is 15.2. The molecule has 2 aliphatic rings. The lowest BCUT2D eigenvalue weighted by atomic mass is 9.75. The highest BCUT2D eigenvalue weighted by Gasteiger charge is 2.43. The summed E-state index contributed by atoms with van der Waals surface area (Å²) in [4.78, 5) is 12.0. The molecule has 0 bridgehead atoms. The number of halogens is 2. The number of carbonyl (C=O) groups is 1. The number of carbonyl (C=O) groups excluding carboxylic acids is 1. The number of nitrogens with one attached hydrogen (secondary N) is 1. The normalized spacial score (nSPS) is 19.8. The van der Waals surface area contributed by atoms with Crippen LogP contribution in [0.4, 0.5) is 0 Å². The summed E-state index contributed by atoms with van der Waals surface area (Å²) in [7, 11) is 0. The molecule has 1 aromatic rings. The van der Waals surface area contributed by atoms with E-state index in [1.54, 1.807) is 18.2 Å². The average molecular weight is 418 g/mol. The lowest BCUT2D eigenvalue weighted by Gasteiger charge is -2.40. The Morgan fingerprint density at radius 3 is 2.59 bits per heavy atom. The molecule has 2 aliphatic heterocycles. The maximum atomic E-state index is 12.0. The zero-order valence-corrected chi connectivity index (χ0v) is 16.7. The molecule has 1 N–H and O–H groups in total. The smallest absolute Gasteiger partial charge is 0.257 e. The van der Waals surface area contributed by atoms with Gasteiger partial charge in [-0.2, -0.15) is 0 Å². The summed E-state index contributed by atoms with van der Waals surface area (Å²) < 4.78 is 22.5. The highest BCUT2D eigenvalue weighted by atomic mass is 35.5. The number of benzene rings is 1. The van der Waals surface area contributed by atoms with Crippen LogP contribution in [0, 0.1) is 5.41 Å². The minimum Gasteiger partial charge on any atom is -0.484 e. The fourth-order valence-corrected chi connectivity index (χ4v) is 3.82.